The Hall–Kier alpha value is -2.00. The molecule has 0 spiro atoms. The number of carbonyl (C=O) groups excluding carboxylic acids is 1. The minimum Gasteiger partial charge on any atom is -0.381 e. The van der Waals surface area contributed by atoms with Crippen molar-refractivity contribution in [2.24, 2.45) is 0 Å². The lowest BCUT2D eigenvalue weighted by Gasteiger charge is -2.11. The summed E-state index contributed by atoms with van der Waals surface area (Å²) in [6.45, 7) is 0.696. The van der Waals surface area contributed by atoms with Crippen LogP contribution in [0.2, 0.25) is 5.02 Å². The normalized spacial score (nSPS) is 10.2. The molecular formula is C16H17ClN2O. The molecule has 0 aliphatic heterocycles. The number of benzene rings is 2. The van der Waals surface area contributed by atoms with Gasteiger partial charge in [0, 0.05) is 36.9 Å². The first-order chi connectivity index (χ1) is 9.56. The molecule has 1 amide bonds. The molecule has 0 saturated carbocycles. The number of hydrogen-bond acceptors (Lipinski definition) is 2. The molecule has 0 aliphatic carbocycles. The fourth-order valence-corrected chi connectivity index (χ4v) is 2.05. The topological polar surface area (TPSA) is 32.3 Å². The maximum absolute atomic E-state index is 11.8. The summed E-state index contributed by atoms with van der Waals surface area (Å²) < 4.78 is 0. The number of hydrogen-bond donors (Lipinski definition) is 1. The number of anilines is 1. The SMILES string of the molecule is CN(C)C(=O)c1ccc(NCc2cccc(Cl)c2)cc1. The highest BCUT2D eigenvalue weighted by Crippen LogP contribution is 2.14. The molecule has 2 aromatic carbocycles. The van der Waals surface area contributed by atoms with Crippen molar-refractivity contribution in [1.29, 1.82) is 0 Å². The van der Waals surface area contributed by atoms with Crippen molar-refractivity contribution in [3.05, 3.63) is 64.7 Å². The quantitative estimate of drug-likeness (QED) is 0.931. The molecule has 0 unspecified atom stereocenters. The van der Waals surface area contributed by atoms with E-state index in [0.29, 0.717) is 12.1 Å². The van der Waals surface area contributed by atoms with Crippen LogP contribution in [0.3, 0.4) is 0 Å². The van der Waals surface area contributed by atoms with Crippen molar-refractivity contribution >= 4 is 23.2 Å². The average molecular weight is 289 g/mol. The van der Waals surface area contributed by atoms with E-state index < -0.39 is 0 Å². The Labute approximate surface area is 124 Å². The number of rotatable bonds is 4. The zero-order valence-corrected chi connectivity index (χ0v) is 12.3. The van der Waals surface area contributed by atoms with Crippen molar-refractivity contribution in [2.45, 2.75) is 6.54 Å². The van der Waals surface area contributed by atoms with Gasteiger partial charge in [0.1, 0.15) is 0 Å². The molecule has 0 bridgehead atoms. The lowest BCUT2D eigenvalue weighted by molar-refractivity contribution is 0.0827. The van der Waals surface area contributed by atoms with Crippen LogP contribution in [0.1, 0.15) is 15.9 Å². The van der Waals surface area contributed by atoms with E-state index in [9.17, 15) is 4.79 Å². The minimum absolute atomic E-state index is 0.00592. The highest BCUT2D eigenvalue weighted by molar-refractivity contribution is 6.30. The molecule has 0 saturated heterocycles. The highest BCUT2D eigenvalue weighted by Gasteiger charge is 2.06. The van der Waals surface area contributed by atoms with Crippen molar-refractivity contribution < 1.29 is 4.79 Å². The molecule has 0 aromatic heterocycles. The van der Waals surface area contributed by atoms with E-state index >= 15 is 0 Å². The van der Waals surface area contributed by atoms with Gasteiger partial charge in [-0.3, -0.25) is 4.79 Å². The Morgan fingerprint density at radius 1 is 1.15 bits per heavy atom. The Balaban J connectivity index is 1.99. The van der Waals surface area contributed by atoms with Crippen LogP contribution in [0.25, 0.3) is 0 Å². The van der Waals surface area contributed by atoms with Crippen LogP contribution in [0.15, 0.2) is 48.5 Å². The van der Waals surface area contributed by atoms with Crippen molar-refractivity contribution in [3.63, 3.8) is 0 Å². The maximum atomic E-state index is 11.8. The second kappa shape index (κ2) is 6.44. The van der Waals surface area contributed by atoms with E-state index in [1.807, 2.05) is 48.5 Å². The second-order valence-corrected chi connectivity index (χ2v) is 5.20. The van der Waals surface area contributed by atoms with Gasteiger partial charge < -0.3 is 10.2 Å². The van der Waals surface area contributed by atoms with Gasteiger partial charge in [-0.25, -0.2) is 0 Å². The summed E-state index contributed by atoms with van der Waals surface area (Å²) in [5, 5.41) is 4.03. The van der Waals surface area contributed by atoms with Crippen molar-refractivity contribution in [2.75, 3.05) is 19.4 Å². The largest absolute Gasteiger partial charge is 0.381 e. The van der Waals surface area contributed by atoms with Crippen LogP contribution in [-0.2, 0) is 6.54 Å². The Morgan fingerprint density at radius 2 is 1.85 bits per heavy atom. The Morgan fingerprint density at radius 3 is 2.45 bits per heavy atom. The zero-order chi connectivity index (χ0) is 14.5. The summed E-state index contributed by atoms with van der Waals surface area (Å²) >= 11 is 5.94. The third kappa shape index (κ3) is 3.75. The van der Waals surface area contributed by atoms with E-state index in [4.69, 9.17) is 11.6 Å². The Kier molecular flexibility index (Phi) is 4.64. The summed E-state index contributed by atoms with van der Waals surface area (Å²) in [6.07, 6.45) is 0. The monoisotopic (exact) mass is 288 g/mol. The van der Waals surface area contributed by atoms with Crippen molar-refractivity contribution in [1.82, 2.24) is 4.90 Å². The third-order valence-electron chi connectivity index (χ3n) is 2.92. The van der Waals surface area contributed by atoms with Gasteiger partial charge in [-0.05, 0) is 42.0 Å². The fourth-order valence-electron chi connectivity index (χ4n) is 1.84. The van der Waals surface area contributed by atoms with Gasteiger partial charge in [-0.2, -0.15) is 0 Å². The van der Waals surface area contributed by atoms with Gasteiger partial charge in [0.15, 0.2) is 0 Å². The molecule has 2 rings (SSSR count). The van der Waals surface area contributed by atoms with Gasteiger partial charge in [-0.1, -0.05) is 23.7 Å². The third-order valence-corrected chi connectivity index (χ3v) is 3.16. The van der Waals surface area contributed by atoms with Gasteiger partial charge in [-0.15, -0.1) is 0 Å². The molecule has 20 heavy (non-hydrogen) atoms. The predicted molar refractivity (Wildman–Crippen MR) is 83.2 cm³/mol. The van der Waals surface area contributed by atoms with Crippen LogP contribution >= 0.6 is 11.6 Å². The van der Waals surface area contributed by atoms with E-state index in [1.54, 1.807) is 19.0 Å². The molecule has 3 nitrogen and oxygen atoms in total. The molecule has 0 radical (unpaired) electrons. The van der Waals surface area contributed by atoms with Crippen molar-refractivity contribution in [3.8, 4) is 0 Å². The van der Waals surface area contributed by atoms with Gasteiger partial charge in [0.05, 0.1) is 0 Å². The summed E-state index contributed by atoms with van der Waals surface area (Å²) in [5.74, 6) is 0.00592. The molecule has 0 atom stereocenters. The van der Waals surface area contributed by atoms with Crippen LogP contribution < -0.4 is 5.32 Å². The lowest BCUT2D eigenvalue weighted by atomic mass is 10.1. The maximum Gasteiger partial charge on any atom is 0.253 e. The minimum atomic E-state index is 0.00592. The summed E-state index contributed by atoms with van der Waals surface area (Å²) in [4.78, 5) is 13.3. The molecule has 2 aromatic rings. The average Bonchev–Trinajstić information content (AvgIpc) is 2.45. The summed E-state index contributed by atoms with van der Waals surface area (Å²) in [7, 11) is 3.49. The first-order valence-corrected chi connectivity index (χ1v) is 6.74. The first-order valence-electron chi connectivity index (χ1n) is 6.36. The molecule has 104 valence electrons. The molecule has 4 heteroatoms. The number of carbonyl (C=O) groups is 1. The second-order valence-electron chi connectivity index (χ2n) is 4.76. The molecule has 0 heterocycles. The standard InChI is InChI=1S/C16H17ClN2O/c1-19(2)16(20)13-6-8-15(9-7-13)18-11-12-4-3-5-14(17)10-12/h3-10,18H,11H2,1-2H3. The molecule has 0 fully saturated rings. The smallest absolute Gasteiger partial charge is 0.253 e. The number of halogens is 1. The number of amides is 1. The first kappa shape index (κ1) is 14.4. The van der Waals surface area contributed by atoms with Gasteiger partial charge in [0.2, 0.25) is 0 Å². The van der Waals surface area contributed by atoms with E-state index in [2.05, 4.69) is 5.32 Å². The van der Waals surface area contributed by atoms with E-state index in [-0.39, 0.29) is 5.91 Å². The fraction of sp³-hybridized carbons (Fsp3) is 0.188. The summed E-state index contributed by atoms with van der Waals surface area (Å²) in [6, 6.07) is 15.2. The van der Waals surface area contributed by atoms with Crippen LogP contribution in [-0.4, -0.2) is 24.9 Å². The Bertz CT molecular complexity index is 594. The zero-order valence-electron chi connectivity index (χ0n) is 11.6. The van der Waals surface area contributed by atoms with Crippen LogP contribution in [0.4, 0.5) is 5.69 Å². The molecule has 1 N–H and O–H groups in total. The number of nitrogens with one attached hydrogen (secondary N) is 1. The predicted octanol–water partition coefficient (Wildman–Crippen LogP) is 3.65. The summed E-state index contributed by atoms with van der Waals surface area (Å²) in [5.41, 5.74) is 2.77. The van der Waals surface area contributed by atoms with Gasteiger partial charge >= 0.3 is 0 Å². The highest BCUT2D eigenvalue weighted by atomic mass is 35.5. The van der Waals surface area contributed by atoms with Gasteiger partial charge in [0.25, 0.3) is 5.91 Å². The van der Waals surface area contributed by atoms with E-state index in [0.717, 1.165) is 16.3 Å². The van der Waals surface area contributed by atoms with Crippen LogP contribution in [0.5, 0.6) is 0 Å². The lowest BCUT2D eigenvalue weighted by Crippen LogP contribution is -2.21. The van der Waals surface area contributed by atoms with E-state index in [1.165, 1.54) is 0 Å². The number of nitrogens with zero attached hydrogens (tertiary/aromatic N) is 1. The molecular weight excluding hydrogens is 272 g/mol. The molecule has 0 aliphatic rings. The van der Waals surface area contributed by atoms with Crippen LogP contribution in [0, 0.1) is 0 Å².